The Balaban J connectivity index is 2.31. The number of carboxylic acids is 1. The van der Waals surface area contributed by atoms with E-state index in [2.05, 4.69) is 10.1 Å². The van der Waals surface area contributed by atoms with Crippen LogP contribution in [0.25, 0.3) is 0 Å². The first-order valence-corrected chi connectivity index (χ1v) is 10.2. The van der Waals surface area contributed by atoms with E-state index in [9.17, 15) is 24.3 Å². The van der Waals surface area contributed by atoms with E-state index in [4.69, 9.17) is 5.73 Å². The summed E-state index contributed by atoms with van der Waals surface area (Å²) in [5.41, 5.74) is 6.92. The highest BCUT2D eigenvalue weighted by Gasteiger charge is 2.29. The second-order valence-corrected chi connectivity index (χ2v) is 7.91. The fourth-order valence-corrected chi connectivity index (χ4v) is 3.41. The van der Waals surface area contributed by atoms with Crippen LogP contribution in [0, 0.1) is 5.92 Å². The summed E-state index contributed by atoms with van der Waals surface area (Å²) in [4.78, 5) is 49.3. The Morgan fingerprint density at radius 1 is 1.06 bits per heavy atom. The molecule has 0 saturated carbocycles. The Morgan fingerprint density at radius 2 is 1.72 bits per heavy atom. The highest BCUT2D eigenvalue weighted by molar-refractivity contribution is 6.05. The molecule has 0 spiro atoms. The standard InChI is InChI=1S/C24H28N2O6/c1-14(2)11-20(22(29)16-9-10-17(19(25)12-16)24(31)32-3)26-23(30)18(13-21(27)28)15-7-5-4-6-8-15/h4-10,12,14,18,20H,11,13,25H2,1-3H3,(H,26,30)(H,27,28). The lowest BCUT2D eigenvalue weighted by atomic mass is 9.91. The number of anilines is 1. The first-order valence-electron chi connectivity index (χ1n) is 10.2. The summed E-state index contributed by atoms with van der Waals surface area (Å²) in [6.45, 7) is 3.82. The fourth-order valence-electron chi connectivity index (χ4n) is 3.41. The van der Waals surface area contributed by atoms with Gasteiger partial charge in [-0.1, -0.05) is 50.2 Å². The van der Waals surface area contributed by atoms with E-state index in [0.29, 0.717) is 12.0 Å². The van der Waals surface area contributed by atoms with Crippen LogP contribution in [0.5, 0.6) is 0 Å². The van der Waals surface area contributed by atoms with Crippen molar-refractivity contribution in [2.45, 2.75) is 38.6 Å². The van der Waals surface area contributed by atoms with Crippen LogP contribution in [0.15, 0.2) is 48.5 Å². The van der Waals surface area contributed by atoms with Crippen LogP contribution >= 0.6 is 0 Å². The zero-order valence-electron chi connectivity index (χ0n) is 18.3. The molecule has 0 heterocycles. The van der Waals surface area contributed by atoms with Crippen LogP contribution in [0.3, 0.4) is 0 Å². The van der Waals surface area contributed by atoms with Crippen molar-refractivity contribution in [1.82, 2.24) is 5.32 Å². The number of rotatable bonds is 10. The molecule has 170 valence electrons. The third kappa shape index (κ3) is 6.41. The molecule has 0 fully saturated rings. The Hall–Kier alpha value is -3.68. The molecule has 0 aliphatic rings. The summed E-state index contributed by atoms with van der Waals surface area (Å²) in [5.74, 6) is -3.53. The number of ketones is 1. The van der Waals surface area contributed by atoms with Crippen LogP contribution < -0.4 is 11.1 Å². The number of amides is 1. The maximum atomic E-state index is 13.2. The third-order valence-corrected chi connectivity index (χ3v) is 4.98. The Labute approximate surface area is 186 Å². The summed E-state index contributed by atoms with van der Waals surface area (Å²) >= 11 is 0. The lowest BCUT2D eigenvalue weighted by Crippen LogP contribution is -2.44. The van der Waals surface area contributed by atoms with Gasteiger partial charge in [0, 0.05) is 11.3 Å². The van der Waals surface area contributed by atoms with E-state index >= 15 is 0 Å². The van der Waals surface area contributed by atoms with Crippen molar-refractivity contribution in [3.8, 4) is 0 Å². The van der Waals surface area contributed by atoms with Gasteiger partial charge in [-0.15, -0.1) is 0 Å². The molecule has 0 aliphatic heterocycles. The SMILES string of the molecule is COC(=O)c1ccc(C(=O)C(CC(C)C)NC(=O)C(CC(=O)O)c2ccccc2)cc1N. The fraction of sp³-hybridized carbons (Fsp3) is 0.333. The number of aliphatic carboxylic acids is 1. The minimum absolute atomic E-state index is 0.0746. The molecule has 0 aromatic heterocycles. The van der Waals surface area contributed by atoms with Crippen LogP contribution in [0.4, 0.5) is 5.69 Å². The molecule has 8 heteroatoms. The van der Waals surface area contributed by atoms with Crippen molar-refractivity contribution >= 4 is 29.3 Å². The molecule has 0 radical (unpaired) electrons. The van der Waals surface area contributed by atoms with Gasteiger partial charge < -0.3 is 20.9 Å². The molecule has 1 amide bonds. The predicted octanol–water partition coefficient (Wildman–Crippen LogP) is 3.03. The Kier molecular flexibility index (Phi) is 8.52. The van der Waals surface area contributed by atoms with Crippen LogP contribution in [-0.4, -0.2) is 41.9 Å². The average Bonchev–Trinajstić information content (AvgIpc) is 2.76. The molecular formula is C24H28N2O6. The first-order chi connectivity index (χ1) is 15.1. The number of hydrogen-bond acceptors (Lipinski definition) is 6. The minimum atomic E-state index is -1.12. The maximum Gasteiger partial charge on any atom is 0.339 e. The summed E-state index contributed by atoms with van der Waals surface area (Å²) in [6, 6.07) is 11.9. The van der Waals surface area contributed by atoms with Crippen LogP contribution in [-0.2, 0) is 14.3 Å². The molecule has 8 nitrogen and oxygen atoms in total. The highest BCUT2D eigenvalue weighted by atomic mass is 16.5. The predicted molar refractivity (Wildman–Crippen MR) is 119 cm³/mol. The summed E-state index contributed by atoms with van der Waals surface area (Å²) < 4.78 is 4.66. The zero-order chi connectivity index (χ0) is 23.8. The van der Waals surface area contributed by atoms with E-state index in [1.165, 1.54) is 25.3 Å². The lowest BCUT2D eigenvalue weighted by Gasteiger charge is -2.23. The number of nitrogen functional groups attached to an aromatic ring is 1. The molecular weight excluding hydrogens is 412 g/mol. The monoisotopic (exact) mass is 440 g/mol. The number of nitrogens with one attached hydrogen (secondary N) is 1. The number of ether oxygens (including phenoxy) is 1. The van der Waals surface area contributed by atoms with Gasteiger partial charge in [0.25, 0.3) is 0 Å². The number of esters is 1. The number of nitrogens with two attached hydrogens (primary N) is 1. The molecule has 32 heavy (non-hydrogen) atoms. The quantitative estimate of drug-likeness (QED) is 0.293. The number of carbonyl (C=O) groups excluding carboxylic acids is 3. The van der Waals surface area contributed by atoms with E-state index in [-0.39, 0.29) is 28.5 Å². The van der Waals surface area contributed by atoms with Gasteiger partial charge >= 0.3 is 11.9 Å². The number of hydrogen-bond donors (Lipinski definition) is 3. The summed E-state index contributed by atoms with van der Waals surface area (Å²) in [6.07, 6.45) is -0.0585. The Morgan fingerprint density at radius 3 is 2.25 bits per heavy atom. The second kappa shape index (κ2) is 11.1. The second-order valence-electron chi connectivity index (χ2n) is 7.91. The minimum Gasteiger partial charge on any atom is -0.481 e. The molecule has 4 N–H and O–H groups in total. The third-order valence-electron chi connectivity index (χ3n) is 4.98. The summed E-state index contributed by atoms with van der Waals surface area (Å²) in [5, 5.41) is 12.0. The largest absolute Gasteiger partial charge is 0.481 e. The molecule has 0 aliphatic carbocycles. The van der Waals surface area contributed by atoms with Crippen molar-refractivity contribution in [3.05, 3.63) is 65.2 Å². The smallest absolute Gasteiger partial charge is 0.339 e. The topological polar surface area (TPSA) is 136 Å². The molecule has 2 atom stereocenters. The van der Waals surface area contributed by atoms with Crippen molar-refractivity contribution < 1.29 is 29.0 Å². The zero-order valence-corrected chi connectivity index (χ0v) is 18.3. The van der Waals surface area contributed by atoms with E-state index in [0.717, 1.165) is 0 Å². The van der Waals surface area contributed by atoms with Crippen molar-refractivity contribution in [1.29, 1.82) is 0 Å². The van der Waals surface area contributed by atoms with Crippen molar-refractivity contribution in [2.24, 2.45) is 5.92 Å². The van der Waals surface area contributed by atoms with Gasteiger partial charge in [-0.25, -0.2) is 4.79 Å². The molecule has 0 saturated heterocycles. The first kappa shape index (κ1) is 24.6. The lowest BCUT2D eigenvalue weighted by molar-refractivity contribution is -0.139. The number of Topliss-reactive ketones (excluding diaryl/α,β-unsaturated/α-hetero) is 1. The maximum absolute atomic E-state index is 13.2. The number of benzene rings is 2. The highest BCUT2D eigenvalue weighted by Crippen LogP contribution is 2.22. The van der Waals surface area contributed by atoms with E-state index < -0.39 is 36.2 Å². The van der Waals surface area contributed by atoms with E-state index in [1.807, 2.05) is 13.8 Å². The van der Waals surface area contributed by atoms with Gasteiger partial charge in [-0.2, -0.15) is 0 Å². The molecule has 2 aromatic rings. The van der Waals surface area contributed by atoms with Crippen molar-refractivity contribution in [3.63, 3.8) is 0 Å². The van der Waals surface area contributed by atoms with E-state index in [1.54, 1.807) is 30.3 Å². The average molecular weight is 440 g/mol. The molecule has 2 unspecified atom stereocenters. The number of carboxylic acid groups (broad SMARTS) is 1. The molecule has 2 aromatic carbocycles. The van der Waals surface area contributed by atoms with Gasteiger partial charge in [-0.3, -0.25) is 14.4 Å². The summed E-state index contributed by atoms with van der Waals surface area (Å²) in [7, 11) is 1.23. The van der Waals surface area contributed by atoms with Crippen LogP contribution in [0.2, 0.25) is 0 Å². The van der Waals surface area contributed by atoms with Gasteiger partial charge in [0.2, 0.25) is 5.91 Å². The van der Waals surface area contributed by atoms with Gasteiger partial charge in [-0.05, 0) is 30.0 Å². The molecule has 2 rings (SSSR count). The van der Waals surface area contributed by atoms with Gasteiger partial charge in [0.15, 0.2) is 5.78 Å². The van der Waals surface area contributed by atoms with Crippen molar-refractivity contribution in [2.75, 3.05) is 12.8 Å². The van der Waals surface area contributed by atoms with Gasteiger partial charge in [0.05, 0.1) is 31.1 Å². The number of carbonyl (C=O) groups is 4. The van der Waals surface area contributed by atoms with Crippen LogP contribution in [0.1, 0.15) is 58.9 Å². The Bertz CT molecular complexity index is 987. The normalized spacial score (nSPS) is 12.6. The number of methoxy groups -OCH3 is 1. The van der Waals surface area contributed by atoms with Gasteiger partial charge in [0.1, 0.15) is 0 Å². The molecule has 0 bridgehead atoms.